The predicted molar refractivity (Wildman–Crippen MR) is 115 cm³/mol. The summed E-state index contributed by atoms with van der Waals surface area (Å²) in [4.78, 5) is 21.2. The van der Waals surface area contributed by atoms with Gasteiger partial charge < -0.3 is 19.9 Å². The van der Waals surface area contributed by atoms with E-state index in [2.05, 4.69) is 27.5 Å². The van der Waals surface area contributed by atoms with Crippen LogP contribution in [0.3, 0.4) is 0 Å². The molecule has 7 nitrogen and oxygen atoms in total. The van der Waals surface area contributed by atoms with Crippen molar-refractivity contribution in [1.82, 2.24) is 9.97 Å². The number of hydrogen-bond acceptors (Lipinski definition) is 6. The molecule has 2 fully saturated rings. The molecule has 1 aliphatic heterocycles. The van der Waals surface area contributed by atoms with E-state index in [1.165, 1.54) is 6.92 Å². The number of nitrogens with one attached hydrogen (secondary N) is 2. The van der Waals surface area contributed by atoms with Crippen LogP contribution in [0, 0.1) is 11.8 Å². The van der Waals surface area contributed by atoms with Crippen LogP contribution in [0.2, 0.25) is 0 Å². The van der Waals surface area contributed by atoms with E-state index < -0.39 is 24.8 Å². The fraction of sp³-hybridized carbons (Fsp3) is 0.571. The van der Waals surface area contributed by atoms with Crippen LogP contribution in [0.25, 0.3) is 10.8 Å². The third-order valence-electron chi connectivity index (χ3n) is 6.25. The molecule has 0 aromatic carbocycles. The molecule has 1 saturated heterocycles. The van der Waals surface area contributed by atoms with Gasteiger partial charge in [0.05, 0.1) is 11.2 Å². The fourth-order valence-corrected chi connectivity index (χ4v) is 3.51. The van der Waals surface area contributed by atoms with Gasteiger partial charge >= 0.3 is 7.12 Å². The number of pyridine rings is 2. The molecule has 29 heavy (non-hydrogen) atoms. The topological polar surface area (TPSA) is 85.4 Å². The minimum Gasteiger partial charge on any atom is -0.399 e. The van der Waals surface area contributed by atoms with E-state index in [1.807, 2.05) is 27.7 Å². The van der Waals surface area contributed by atoms with E-state index in [-0.39, 0.29) is 11.8 Å². The van der Waals surface area contributed by atoms with Gasteiger partial charge in [-0.25, -0.2) is 9.97 Å². The van der Waals surface area contributed by atoms with Crippen LogP contribution in [0.4, 0.5) is 11.6 Å². The largest absolute Gasteiger partial charge is 0.497 e. The highest BCUT2D eigenvalue weighted by molar-refractivity contribution is 6.65. The molecule has 2 aromatic heterocycles. The maximum Gasteiger partial charge on any atom is 0.497 e. The Balaban J connectivity index is 1.76. The molecular weight excluding hydrogens is 367 g/mol. The maximum absolute atomic E-state index is 12.4. The summed E-state index contributed by atoms with van der Waals surface area (Å²) in [5.41, 5.74) is -0.337. The molecule has 154 valence electrons. The molecule has 2 aliphatic rings. The number of rotatable bonds is 5. The third-order valence-corrected chi connectivity index (χ3v) is 6.25. The van der Waals surface area contributed by atoms with Crippen molar-refractivity contribution in [3.8, 4) is 0 Å². The summed E-state index contributed by atoms with van der Waals surface area (Å²) in [6.07, 6.45) is 4.12. The number of hydrogen-bond donors (Lipinski definition) is 2. The zero-order valence-electron chi connectivity index (χ0n) is 19.8. The molecule has 8 heteroatoms. The van der Waals surface area contributed by atoms with Gasteiger partial charge in [0.25, 0.3) is 0 Å². The van der Waals surface area contributed by atoms with Crippen LogP contribution in [0.5, 0.6) is 0 Å². The first kappa shape index (κ1) is 17.7. The molecule has 1 amide bonds. The van der Waals surface area contributed by atoms with Gasteiger partial charge in [-0.2, -0.15) is 0 Å². The van der Waals surface area contributed by atoms with Crippen molar-refractivity contribution >= 4 is 40.9 Å². The molecule has 2 N–H and O–H groups in total. The summed E-state index contributed by atoms with van der Waals surface area (Å²) in [6, 6.07) is 1.78. The van der Waals surface area contributed by atoms with Crippen LogP contribution >= 0.6 is 0 Å². The second-order valence-electron chi connectivity index (χ2n) is 8.95. The van der Waals surface area contributed by atoms with Crippen molar-refractivity contribution in [3.05, 3.63) is 18.5 Å². The van der Waals surface area contributed by atoms with Gasteiger partial charge in [0.1, 0.15) is 11.6 Å². The maximum atomic E-state index is 12.4. The molecule has 2 atom stereocenters. The van der Waals surface area contributed by atoms with Gasteiger partial charge in [0.2, 0.25) is 5.91 Å². The Bertz CT molecular complexity index is 1030. The summed E-state index contributed by atoms with van der Waals surface area (Å²) in [5.74, 6) is 1.19. The Morgan fingerprint density at radius 3 is 2.48 bits per heavy atom. The molecule has 2 aromatic rings. The van der Waals surface area contributed by atoms with E-state index >= 15 is 0 Å². The lowest BCUT2D eigenvalue weighted by atomic mass is 9.77. The number of amides is 1. The van der Waals surface area contributed by atoms with Crippen molar-refractivity contribution in [2.24, 2.45) is 11.8 Å². The monoisotopic (exact) mass is 398 g/mol. The first-order valence-corrected chi connectivity index (χ1v) is 10.0. The highest BCUT2D eigenvalue weighted by Gasteiger charge is 2.52. The van der Waals surface area contributed by atoms with E-state index in [9.17, 15) is 4.79 Å². The number of nitrogens with zero attached hydrogens (tertiary/aromatic N) is 2. The Kier molecular flexibility index (Phi) is 4.23. The van der Waals surface area contributed by atoms with Crippen molar-refractivity contribution in [3.63, 3.8) is 0 Å². The van der Waals surface area contributed by atoms with E-state index in [4.69, 9.17) is 12.1 Å². The molecular formula is C21H29BN4O3. The Labute approximate surface area is 174 Å². The van der Waals surface area contributed by atoms with E-state index in [0.29, 0.717) is 28.4 Å². The van der Waals surface area contributed by atoms with Gasteiger partial charge in [0, 0.05) is 38.4 Å². The SMILES string of the molecule is [2H]C([2H])(C)Nc1ncc(B2OC(C)(C)C(C)(C)O2)c2cc(NC(=O)C3CC3C)ncc12. The van der Waals surface area contributed by atoms with Gasteiger partial charge in [-0.3, -0.25) is 4.79 Å². The van der Waals surface area contributed by atoms with Crippen molar-refractivity contribution < 1.29 is 16.8 Å². The summed E-state index contributed by atoms with van der Waals surface area (Å²) < 4.78 is 28.2. The van der Waals surface area contributed by atoms with Crippen molar-refractivity contribution in [2.75, 3.05) is 17.1 Å². The molecule has 1 saturated carbocycles. The Morgan fingerprint density at radius 1 is 1.24 bits per heavy atom. The quantitative estimate of drug-likeness (QED) is 0.754. The summed E-state index contributed by atoms with van der Waals surface area (Å²) in [5, 5.41) is 7.03. The number of aromatic nitrogens is 2. The summed E-state index contributed by atoms with van der Waals surface area (Å²) >= 11 is 0. The van der Waals surface area contributed by atoms with Crippen molar-refractivity contribution in [2.45, 2.75) is 59.2 Å². The van der Waals surface area contributed by atoms with Crippen LogP contribution in [0.1, 0.15) is 50.7 Å². The van der Waals surface area contributed by atoms with Crippen LogP contribution in [-0.2, 0) is 14.1 Å². The second kappa shape index (κ2) is 6.95. The lowest BCUT2D eigenvalue weighted by Crippen LogP contribution is -2.41. The molecule has 0 radical (unpaired) electrons. The molecule has 4 rings (SSSR count). The normalized spacial score (nSPS) is 26.1. The number of carbonyl (C=O) groups excluding carboxylic acids is 1. The van der Waals surface area contributed by atoms with Crippen LogP contribution in [-0.4, -0.2) is 40.7 Å². The van der Waals surface area contributed by atoms with Gasteiger partial charge in [0.15, 0.2) is 0 Å². The van der Waals surface area contributed by atoms with Crippen LogP contribution < -0.4 is 16.1 Å². The molecule has 0 bridgehead atoms. The third kappa shape index (κ3) is 3.60. The minimum atomic E-state index is -1.67. The van der Waals surface area contributed by atoms with Gasteiger partial charge in [-0.1, -0.05) is 6.92 Å². The highest BCUT2D eigenvalue weighted by Crippen LogP contribution is 2.39. The first-order valence-electron chi connectivity index (χ1n) is 11.0. The molecule has 2 unspecified atom stereocenters. The molecule has 1 aliphatic carbocycles. The highest BCUT2D eigenvalue weighted by atomic mass is 16.7. The standard InChI is InChI=1S/C21H29BN4O3/c1-7-23-18-15-10-24-17(26-19(27)13-8-12(13)2)9-14(15)16(11-25-18)22-28-20(3,4)21(5,6)29-22/h9-13H,7-8H2,1-6H3,(H,23,25)(H,24,26,27)/i7D2. The zero-order chi connectivity index (χ0) is 22.8. The van der Waals surface area contributed by atoms with Gasteiger partial charge in [-0.05, 0) is 58.4 Å². The summed E-state index contributed by atoms with van der Waals surface area (Å²) in [7, 11) is -0.651. The lowest BCUT2D eigenvalue weighted by Gasteiger charge is -2.32. The summed E-state index contributed by atoms with van der Waals surface area (Å²) in [6.45, 7) is 9.73. The van der Waals surface area contributed by atoms with E-state index in [0.717, 1.165) is 11.8 Å². The molecule has 0 spiro atoms. The smallest absolute Gasteiger partial charge is 0.399 e. The number of anilines is 2. The average Bonchev–Trinajstić information content (AvgIpc) is 3.31. The number of fused-ring (bicyclic) bond motifs is 1. The fourth-order valence-electron chi connectivity index (χ4n) is 3.51. The van der Waals surface area contributed by atoms with Gasteiger partial charge in [-0.15, -0.1) is 0 Å². The second-order valence-corrected chi connectivity index (χ2v) is 8.95. The zero-order valence-corrected chi connectivity index (χ0v) is 17.8. The predicted octanol–water partition coefficient (Wildman–Crippen LogP) is 2.96. The molecule has 3 heterocycles. The van der Waals surface area contributed by atoms with Crippen molar-refractivity contribution in [1.29, 1.82) is 0 Å². The van der Waals surface area contributed by atoms with Crippen LogP contribution in [0.15, 0.2) is 18.5 Å². The Hall–Kier alpha value is -2.19. The lowest BCUT2D eigenvalue weighted by molar-refractivity contribution is -0.117. The Morgan fingerprint density at radius 2 is 1.90 bits per heavy atom. The average molecular weight is 398 g/mol. The number of carbonyl (C=O) groups is 1. The first-order chi connectivity index (χ1) is 14.3. The van der Waals surface area contributed by atoms with E-state index in [1.54, 1.807) is 18.5 Å². The minimum absolute atomic E-state index is 0.0297.